The molecule has 0 bridgehead atoms. The van der Waals surface area contributed by atoms with Crippen LogP contribution in [0.15, 0.2) is 72.8 Å². The van der Waals surface area contributed by atoms with Crippen LogP contribution in [0.4, 0.5) is 30.2 Å². The molecule has 1 aliphatic rings. The maximum Gasteiger partial charge on any atom is 0.422 e. The van der Waals surface area contributed by atoms with Crippen molar-refractivity contribution >= 4 is 23.1 Å². The highest BCUT2D eigenvalue weighted by atomic mass is 19.4. The molecule has 4 rings (SSSR count). The number of nitrogens with zero attached hydrogens (tertiary/aromatic N) is 2. The van der Waals surface area contributed by atoms with E-state index in [-0.39, 0.29) is 12.0 Å². The van der Waals surface area contributed by atoms with Gasteiger partial charge < -0.3 is 15.0 Å². The Morgan fingerprint density at radius 1 is 1.03 bits per heavy atom. The quantitative estimate of drug-likeness (QED) is 0.564. The van der Waals surface area contributed by atoms with Crippen LogP contribution < -0.4 is 15.0 Å². The second-order valence-electron chi connectivity index (χ2n) is 6.93. The highest BCUT2D eigenvalue weighted by Crippen LogP contribution is 2.40. The monoisotopic (exact) mass is 411 g/mol. The first-order valence-electron chi connectivity index (χ1n) is 9.46. The number of hydrogen-bond donors (Lipinski definition) is 1. The number of aromatic nitrogens is 1. The Morgan fingerprint density at radius 2 is 1.70 bits per heavy atom. The second-order valence-corrected chi connectivity index (χ2v) is 6.93. The minimum Gasteiger partial charge on any atom is -0.468 e. The molecule has 0 saturated heterocycles. The number of alkyl halides is 3. The van der Waals surface area contributed by atoms with Gasteiger partial charge in [-0.15, -0.1) is 0 Å². The first-order chi connectivity index (χ1) is 14.4. The topological polar surface area (TPSA) is 37.4 Å². The SMILES string of the molecule is Cc1cc2c(c(OCC(F)(F)F)n1)C=CC(Nc1ccccc1)N2c1ccccc1. The number of pyridine rings is 1. The number of nitrogens with one attached hydrogen (secondary N) is 1. The summed E-state index contributed by atoms with van der Waals surface area (Å²) < 4.78 is 43.2. The lowest BCUT2D eigenvalue weighted by molar-refractivity contribution is -0.154. The summed E-state index contributed by atoms with van der Waals surface area (Å²) in [5.41, 5.74) is 3.63. The molecule has 1 aliphatic heterocycles. The van der Waals surface area contributed by atoms with Crippen LogP contribution in [0.3, 0.4) is 0 Å². The van der Waals surface area contributed by atoms with Crippen molar-refractivity contribution in [2.45, 2.75) is 19.3 Å². The van der Waals surface area contributed by atoms with Gasteiger partial charge in [-0.3, -0.25) is 0 Å². The molecule has 0 radical (unpaired) electrons. The molecule has 0 fully saturated rings. The number of para-hydroxylation sites is 2. The van der Waals surface area contributed by atoms with E-state index in [9.17, 15) is 13.2 Å². The number of hydrogen-bond acceptors (Lipinski definition) is 4. The molecular formula is C23H20F3N3O. The maximum absolute atomic E-state index is 12.7. The highest BCUT2D eigenvalue weighted by molar-refractivity contribution is 5.82. The van der Waals surface area contributed by atoms with Gasteiger partial charge in [0.1, 0.15) is 6.17 Å². The third-order valence-corrected chi connectivity index (χ3v) is 4.61. The van der Waals surface area contributed by atoms with Gasteiger partial charge in [-0.25, -0.2) is 4.98 Å². The van der Waals surface area contributed by atoms with Crippen LogP contribution in [-0.2, 0) is 0 Å². The van der Waals surface area contributed by atoms with E-state index in [1.165, 1.54) is 0 Å². The van der Waals surface area contributed by atoms with Crippen LogP contribution in [0.1, 0.15) is 11.3 Å². The maximum atomic E-state index is 12.7. The van der Waals surface area contributed by atoms with Crippen molar-refractivity contribution < 1.29 is 17.9 Å². The van der Waals surface area contributed by atoms with E-state index < -0.39 is 12.8 Å². The van der Waals surface area contributed by atoms with Crippen molar-refractivity contribution in [2.75, 3.05) is 16.8 Å². The molecular weight excluding hydrogens is 391 g/mol. The van der Waals surface area contributed by atoms with Crippen molar-refractivity contribution in [3.05, 3.63) is 84.1 Å². The lowest BCUT2D eigenvalue weighted by atomic mass is 10.0. The predicted molar refractivity (Wildman–Crippen MR) is 112 cm³/mol. The average Bonchev–Trinajstić information content (AvgIpc) is 2.72. The Morgan fingerprint density at radius 3 is 2.37 bits per heavy atom. The number of halogens is 3. The Labute approximate surface area is 172 Å². The van der Waals surface area contributed by atoms with Crippen LogP contribution in [0.5, 0.6) is 5.88 Å². The molecule has 1 atom stereocenters. The van der Waals surface area contributed by atoms with Gasteiger partial charge in [0, 0.05) is 17.1 Å². The Balaban J connectivity index is 1.77. The first kappa shape index (κ1) is 19.8. The molecule has 30 heavy (non-hydrogen) atoms. The van der Waals surface area contributed by atoms with Gasteiger partial charge in [0.2, 0.25) is 5.88 Å². The Bertz CT molecular complexity index is 1040. The summed E-state index contributed by atoms with van der Waals surface area (Å²) in [7, 11) is 0. The van der Waals surface area contributed by atoms with E-state index in [4.69, 9.17) is 4.74 Å². The summed E-state index contributed by atoms with van der Waals surface area (Å²) in [5, 5.41) is 3.46. The van der Waals surface area contributed by atoms with Gasteiger partial charge >= 0.3 is 6.18 Å². The molecule has 0 spiro atoms. The zero-order valence-electron chi connectivity index (χ0n) is 16.2. The summed E-state index contributed by atoms with van der Waals surface area (Å²) in [5.74, 6) is -0.0299. The summed E-state index contributed by atoms with van der Waals surface area (Å²) >= 11 is 0. The van der Waals surface area contributed by atoms with Crippen LogP contribution in [0.2, 0.25) is 0 Å². The van der Waals surface area contributed by atoms with Crippen molar-refractivity contribution in [3.8, 4) is 5.88 Å². The molecule has 1 N–H and O–H groups in total. The summed E-state index contributed by atoms with van der Waals surface area (Å²) in [6.07, 6.45) is -1.04. The number of anilines is 3. The normalized spacial score (nSPS) is 15.6. The number of ether oxygens (including phenoxy) is 1. The number of rotatable bonds is 5. The van der Waals surface area contributed by atoms with Crippen LogP contribution in [0, 0.1) is 6.92 Å². The van der Waals surface area contributed by atoms with E-state index in [1.54, 1.807) is 13.0 Å². The van der Waals surface area contributed by atoms with Gasteiger partial charge in [-0.05, 0) is 49.4 Å². The van der Waals surface area contributed by atoms with Gasteiger partial charge in [-0.2, -0.15) is 13.2 Å². The number of aryl methyl sites for hydroxylation is 1. The van der Waals surface area contributed by atoms with Crippen LogP contribution >= 0.6 is 0 Å². The van der Waals surface area contributed by atoms with Crippen molar-refractivity contribution in [2.24, 2.45) is 0 Å². The molecule has 1 aromatic heterocycles. The molecule has 1 unspecified atom stereocenters. The fraction of sp³-hybridized carbons (Fsp3) is 0.174. The summed E-state index contributed by atoms with van der Waals surface area (Å²) in [6, 6.07) is 21.2. The van der Waals surface area contributed by atoms with E-state index in [0.717, 1.165) is 17.1 Å². The summed E-state index contributed by atoms with van der Waals surface area (Å²) in [4.78, 5) is 6.23. The van der Waals surface area contributed by atoms with Crippen LogP contribution in [0.25, 0.3) is 6.08 Å². The highest BCUT2D eigenvalue weighted by Gasteiger charge is 2.31. The van der Waals surface area contributed by atoms with E-state index in [1.807, 2.05) is 77.7 Å². The Kier molecular flexibility index (Phi) is 5.35. The molecule has 0 amide bonds. The third kappa shape index (κ3) is 4.40. The predicted octanol–water partition coefficient (Wildman–Crippen LogP) is 5.93. The smallest absolute Gasteiger partial charge is 0.422 e. The lowest BCUT2D eigenvalue weighted by Gasteiger charge is -2.37. The zero-order valence-corrected chi connectivity index (χ0v) is 16.2. The second kappa shape index (κ2) is 8.10. The molecule has 3 aromatic rings. The molecule has 0 saturated carbocycles. The van der Waals surface area contributed by atoms with E-state index in [0.29, 0.717) is 11.3 Å². The fourth-order valence-electron chi connectivity index (χ4n) is 3.38. The fourth-order valence-corrected chi connectivity index (χ4v) is 3.38. The molecule has 4 nitrogen and oxygen atoms in total. The molecule has 7 heteroatoms. The molecule has 2 heterocycles. The zero-order chi connectivity index (χ0) is 21.1. The largest absolute Gasteiger partial charge is 0.468 e. The standard InChI is InChI=1S/C23H20F3N3O/c1-16-14-20-19(22(27-16)30-15-23(24,25)26)12-13-21(28-17-8-4-2-5-9-17)29(20)18-10-6-3-7-11-18/h2-14,21,28H,15H2,1H3. The summed E-state index contributed by atoms with van der Waals surface area (Å²) in [6.45, 7) is 0.350. The Hall–Kier alpha value is -3.48. The van der Waals surface area contributed by atoms with Crippen molar-refractivity contribution in [1.82, 2.24) is 4.98 Å². The minimum absolute atomic E-state index is 0.0299. The number of fused-ring (bicyclic) bond motifs is 1. The van der Waals surface area contributed by atoms with Gasteiger partial charge in [0.25, 0.3) is 0 Å². The first-order valence-corrected chi connectivity index (χ1v) is 9.46. The lowest BCUT2D eigenvalue weighted by Crippen LogP contribution is -2.38. The van der Waals surface area contributed by atoms with Gasteiger partial charge in [0.05, 0.1) is 11.3 Å². The minimum atomic E-state index is -4.44. The van der Waals surface area contributed by atoms with Crippen LogP contribution in [-0.4, -0.2) is 23.9 Å². The third-order valence-electron chi connectivity index (χ3n) is 4.61. The molecule has 2 aromatic carbocycles. The van der Waals surface area contributed by atoms with E-state index >= 15 is 0 Å². The van der Waals surface area contributed by atoms with Gasteiger partial charge in [-0.1, -0.05) is 36.4 Å². The molecule has 0 aliphatic carbocycles. The average molecular weight is 411 g/mol. The number of benzene rings is 2. The van der Waals surface area contributed by atoms with Gasteiger partial charge in [0.15, 0.2) is 6.61 Å². The van der Waals surface area contributed by atoms with E-state index in [2.05, 4.69) is 10.3 Å². The molecule has 154 valence electrons. The van der Waals surface area contributed by atoms with Crippen molar-refractivity contribution in [3.63, 3.8) is 0 Å². The van der Waals surface area contributed by atoms with Crippen molar-refractivity contribution in [1.29, 1.82) is 0 Å².